The molecular weight excluding hydrogens is 338 g/mol. The Balaban J connectivity index is 1.42. The molecule has 5 heteroatoms. The lowest BCUT2D eigenvalue weighted by Crippen LogP contribution is -2.40. The van der Waals surface area contributed by atoms with Crippen LogP contribution in [0.15, 0.2) is 48.5 Å². The van der Waals surface area contributed by atoms with E-state index < -0.39 is 0 Å². The number of phenolic OH excluding ortho intramolecular Hbond substituents is 1. The Labute approximate surface area is 153 Å². The molecule has 2 aromatic rings. The minimum atomic E-state index is 0.167. The summed E-state index contributed by atoms with van der Waals surface area (Å²) < 4.78 is 5.78. The summed E-state index contributed by atoms with van der Waals surface area (Å²) in [5.74, 6) is 1.62. The Morgan fingerprint density at radius 3 is 2.36 bits per heavy atom. The smallest absolute Gasteiger partial charge is 0.226 e. The first-order chi connectivity index (χ1) is 12.1. The Hall–Kier alpha value is -2.20. The van der Waals surface area contributed by atoms with Gasteiger partial charge in [0.25, 0.3) is 0 Å². The number of phenols is 1. The van der Waals surface area contributed by atoms with E-state index in [1.807, 2.05) is 29.2 Å². The maximum absolute atomic E-state index is 12.4. The van der Waals surface area contributed by atoms with Gasteiger partial charge in [0.15, 0.2) is 0 Å². The van der Waals surface area contributed by atoms with Crippen molar-refractivity contribution in [2.45, 2.75) is 19.3 Å². The normalized spacial score (nSPS) is 15.2. The molecule has 1 amide bonds. The van der Waals surface area contributed by atoms with Gasteiger partial charge in [0.2, 0.25) is 5.91 Å². The molecule has 1 N–H and O–H groups in total. The summed E-state index contributed by atoms with van der Waals surface area (Å²) in [5.41, 5.74) is 0.993. The lowest BCUT2D eigenvalue weighted by Gasteiger charge is -2.32. The fourth-order valence-electron chi connectivity index (χ4n) is 2.99. The number of nitrogens with zero attached hydrogens (tertiary/aromatic N) is 1. The number of hydrogen-bond acceptors (Lipinski definition) is 3. The molecular formula is C20H22ClNO3. The van der Waals surface area contributed by atoms with Crippen LogP contribution in [-0.4, -0.2) is 35.6 Å². The predicted octanol–water partition coefficient (Wildman–Crippen LogP) is 3.91. The molecule has 3 rings (SSSR count). The van der Waals surface area contributed by atoms with Gasteiger partial charge < -0.3 is 14.7 Å². The highest BCUT2D eigenvalue weighted by atomic mass is 35.5. The summed E-state index contributed by atoms with van der Waals surface area (Å²) in [7, 11) is 0. The van der Waals surface area contributed by atoms with Gasteiger partial charge in [-0.1, -0.05) is 23.7 Å². The molecule has 1 saturated heterocycles. The highest BCUT2D eigenvalue weighted by Crippen LogP contribution is 2.21. The Morgan fingerprint density at radius 1 is 1.08 bits per heavy atom. The van der Waals surface area contributed by atoms with Crippen LogP contribution in [0.3, 0.4) is 0 Å². The van der Waals surface area contributed by atoms with Crippen molar-refractivity contribution in [3.8, 4) is 11.5 Å². The predicted molar refractivity (Wildman–Crippen MR) is 98.1 cm³/mol. The van der Waals surface area contributed by atoms with E-state index in [1.165, 1.54) is 0 Å². The van der Waals surface area contributed by atoms with Crippen molar-refractivity contribution in [3.05, 3.63) is 59.1 Å². The second-order valence-corrected chi connectivity index (χ2v) is 6.87. The van der Waals surface area contributed by atoms with Gasteiger partial charge in [0, 0.05) is 18.1 Å². The van der Waals surface area contributed by atoms with Crippen LogP contribution < -0.4 is 4.74 Å². The van der Waals surface area contributed by atoms with Gasteiger partial charge >= 0.3 is 0 Å². The largest absolute Gasteiger partial charge is 0.508 e. The van der Waals surface area contributed by atoms with Crippen molar-refractivity contribution >= 4 is 17.5 Å². The van der Waals surface area contributed by atoms with Crippen LogP contribution in [0.5, 0.6) is 11.5 Å². The summed E-state index contributed by atoms with van der Waals surface area (Å²) in [4.78, 5) is 14.3. The highest BCUT2D eigenvalue weighted by molar-refractivity contribution is 6.30. The van der Waals surface area contributed by atoms with E-state index in [1.54, 1.807) is 24.3 Å². The number of rotatable bonds is 5. The van der Waals surface area contributed by atoms with Crippen LogP contribution >= 0.6 is 11.6 Å². The van der Waals surface area contributed by atoms with Crippen LogP contribution in [0.25, 0.3) is 0 Å². The molecule has 0 radical (unpaired) electrons. The lowest BCUT2D eigenvalue weighted by molar-refractivity contribution is -0.132. The number of halogens is 1. The van der Waals surface area contributed by atoms with Crippen LogP contribution in [-0.2, 0) is 11.2 Å². The van der Waals surface area contributed by atoms with Crippen molar-refractivity contribution < 1.29 is 14.6 Å². The minimum Gasteiger partial charge on any atom is -0.508 e. The standard InChI is InChI=1S/C20H22ClNO3/c21-17-3-1-15(2-4-17)13-20(24)22-11-9-16(10-12-22)14-25-19-7-5-18(23)6-8-19/h1-8,16,23H,9-14H2. The van der Waals surface area contributed by atoms with Crippen molar-refractivity contribution in [1.29, 1.82) is 0 Å². The number of carbonyl (C=O) groups excluding carboxylic acids is 1. The zero-order valence-electron chi connectivity index (χ0n) is 14.0. The molecule has 0 bridgehead atoms. The van der Waals surface area contributed by atoms with Gasteiger partial charge in [-0.15, -0.1) is 0 Å². The van der Waals surface area contributed by atoms with Crippen molar-refractivity contribution in [2.75, 3.05) is 19.7 Å². The molecule has 0 saturated carbocycles. The second-order valence-electron chi connectivity index (χ2n) is 6.43. The first-order valence-corrected chi connectivity index (χ1v) is 8.92. The van der Waals surface area contributed by atoms with E-state index in [9.17, 15) is 9.90 Å². The van der Waals surface area contributed by atoms with Gasteiger partial charge in [-0.3, -0.25) is 4.79 Å². The van der Waals surface area contributed by atoms with E-state index in [0.717, 1.165) is 37.2 Å². The zero-order chi connectivity index (χ0) is 17.6. The topological polar surface area (TPSA) is 49.8 Å². The maximum Gasteiger partial charge on any atom is 0.226 e. The molecule has 4 nitrogen and oxygen atoms in total. The van der Waals surface area contributed by atoms with E-state index in [2.05, 4.69) is 0 Å². The Kier molecular flexibility index (Phi) is 5.82. The number of benzene rings is 2. The summed E-state index contributed by atoms with van der Waals surface area (Å²) in [6, 6.07) is 14.2. The summed E-state index contributed by atoms with van der Waals surface area (Å²) in [5, 5.41) is 9.96. The number of piperidine rings is 1. The molecule has 1 aliphatic heterocycles. The fourth-order valence-corrected chi connectivity index (χ4v) is 3.12. The average Bonchev–Trinajstić information content (AvgIpc) is 2.63. The monoisotopic (exact) mass is 359 g/mol. The first kappa shape index (κ1) is 17.6. The third-order valence-electron chi connectivity index (χ3n) is 4.56. The average molecular weight is 360 g/mol. The van der Waals surface area contributed by atoms with E-state index in [4.69, 9.17) is 16.3 Å². The van der Waals surface area contributed by atoms with Crippen molar-refractivity contribution in [1.82, 2.24) is 4.90 Å². The first-order valence-electron chi connectivity index (χ1n) is 8.54. The quantitative estimate of drug-likeness (QED) is 0.880. The van der Waals surface area contributed by atoms with Gasteiger partial charge in [0.1, 0.15) is 11.5 Å². The Morgan fingerprint density at radius 2 is 1.72 bits per heavy atom. The van der Waals surface area contributed by atoms with Gasteiger partial charge in [0.05, 0.1) is 13.0 Å². The summed E-state index contributed by atoms with van der Waals surface area (Å²) >= 11 is 5.88. The number of likely N-dealkylation sites (tertiary alicyclic amines) is 1. The van der Waals surface area contributed by atoms with E-state index >= 15 is 0 Å². The van der Waals surface area contributed by atoms with E-state index in [-0.39, 0.29) is 11.7 Å². The minimum absolute atomic E-state index is 0.167. The molecule has 0 unspecified atom stereocenters. The Bertz CT molecular complexity index is 692. The molecule has 0 aliphatic carbocycles. The number of amides is 1. The van der Waals surface area contributed by atoms with Gasteiger partial charge in [-0.25, -0.2) is 0 Å². The molecule has 132 valence electrons. The summed E-state index contributed by atoms with van der Waals surface area (Å²) in [6.45, 7) is 2.19. The zero-order valence-corrected chi connectivity index (χ0v) is 14.8. The fraction of sp³-hybridized carbons (Fsp3) is 0.350. The van der Waals surface area contributed by atoms with Gasteiger partial charge in [-0.2, -0.15) is 0 Å². The molecule has 1 fully saturated rings. The third-order valence-corrected chi connectivity index (χ3v) is 4.81. The number of hydrogen-bond donors (Lipinski definition) is 1. The summed E-state index contributed by atoms with van der Waals surface area (Å²) in [6.07, 6.45) is 2.32. The van der Waals surface area contributed by atoms with Crippen LogP contribution in [0.1, 0.15) is 18.4 Å². The third kappa shape index (κ3) is 5.13. The number of aromatic hydroxyl groups is 1. The van der Waals surface area contributed by atoms with Crippen molar-refractivity contribution in [3.63, 3.8) is 0 Å². The molecule has 0 atom stereocenters. The molecule has 1 heterocycles. The molecule has 2 aromatic carbocycles. The highest BCUT2D eigenvalue weighted by Gasteiger charge is 2.23. The maximum atomic E-state index is 12.4. The molecule has 1 aliphatic rings. The molecule has 0 aromatic heterocycles. The second kappa shape index (κ2) is 8.26. The van der Waals surface area contributed by atoms with E-state index in [0.29, 0.717) is 24.0 Å². The van der Waals surface area contributed by atoms with Crippen LogP contribution in [0, 0.1) is 5.92 Å². The SMILES string of the molecule is O=C(Cc1ccc(Cl)cc1)N1CCC(COc2ccc(O)cc2)CC1. The number of ether oxygens (including phenoxy) is 1. The van der Waals surface area contributed by atoms with Gasteiger partial charge in [-0.05, 0) is 60.7 Å². The lowest BCUT2D eigenvalue weighted by atomic mass is 9.97. The van der Waals surface area contributed by atoms with Crippen LogP contribution in [0.4, 0.5) is 0 Å². The molecule has 0 spiro atoms. The van der Waals surface area contributed by atoms with Crippen molar-refractivity contribution in [2.24, 2.45) is 5.92 Å². The number of carbonyl (C=O) groups is 1. The van der Waals surface area contributed by atoms with Crippen LogP contribution in [0.2, 0.25) is 5.02 Å². The molecule has 25 heavy (non-hydrogen) atoms.